The standard InChI is InChI=1S/C10H14N2/c1-5-9-7-12(4)8(3)11-10(9)6-2/h5-8H,1-2H2,3-4H3. The van der Waals surface area contributed by atoms with Crippen LogP contribution in [0.3, 0.4) is 0 Å². The molecule has 64 valence electrons. The molecule has 0 N–H and O–H groups in total. The van der Waals surface area contributed by atoms with Crippen molar-refractivity contribution < 1.29 is 0 Å². The van der Waals surface area contributed by atoms with Crippen LogP contribution in [0, 0.1) is 0 Å². The van der Waals surface area contributed by atoms with E-state index >= 15 is 0 Å². The van der Waals surface area contributed by atoms with E-state index in [9.17, 15) is 0 Å². The van der Waals surface area contributed by atoms with Crippen LogP contribution in [0.25, 0.3) is 0 Å². The summed E-state index contributed by atoms with van der Waals surface area (Å²) in [6.07, 6.45) is 5.78. The summed E-state index contributed by atoms with van der Waals surface area (Å²) >= 11 is 0. The lowest BCUT2D eigenvalue weighted by atomic mass is 10.1. The normalized spacial score (nSPS) is 22.8. The fourth-order valence-electron chi connectivity index (χ4n) is 1.09. The fraction of sp³-hybridized carbons (Fsp3) is 0.300. The highest BCUT2D eigenvalue weighted by Crippen LogP contribution is 2.13. The van der Waals surface area contributed by atoms with E-state index in [0.717, 1.165) is 11.3 Å². The molecule has 0 aromatic rings. The minimum Gasteiger partial charge on any atom is -0.359 e. The quantitative estimate of drug-likeness (QED) is 0.606. The summed E-state index contributed by atoms with van der Waals surface area (Å²) in [5, 5.41) is 0. The van der Waals surface area contributed by atoms with Crippen molar-refractivity contribution in [3.63, 3.8) is 0 Å². The van der Waals surface area contributed by atoms with Gasteiger partial charge in [0, 0.05) is 18.8 Å². The maximum atomic E-state index is 4.42. The lowest BCUT2D eigenvalue weighted by Crippen LogP contribution is -2.27. The number of nitrogens with zero attached hydrogens (tertiary/aromatic N) is 2. The van der Waals surface area contributed by atoms with Crippen LogP contribution in [0.5, 0.6) is 0 Å². The molecule has 2 heteroatoms. The fourth-order valence-corrected chi connectivity index (χ4v) is 1.09. The van der Waals surface area contributed by atoms with Crippen LogP contribution < -0.4 is 0 Å². The molecule has 1 rings (SSSR count). The third-order valence-corrected chi connectivity index (χ3v) is 1.97. The first-order valence-electron chi connectivity index (χ1n) is 3.96. The van der Waals surface area contributed by atoms with Crippen molar-refractivity contribution in [2.45, 2.75) is 13.1 Å². The minimum atomic E-state index is 0.196. The van der Waals surface area contributed by atoms with Gasteiger partial charge >= 0.3 is 0 Å². The van der Waals surface area contributed by atoms with Crippen LogP contribution >= 0.6 is 0 Å². The summed E-state index contributed by atoms with van der Waals surface area (Å²) in [6, 6.07) is 0. The smallest absolute Gasteiger partial charge is 0.118 e. The zero-order valence-electron chi connectivity index (χ0n) is 7.62. The lowest BCUT2D eigenvalue weighted by molar-refractivity contribution is 0.357. The molecule has 0 saturated carbocycles. The molecule has 0 spiro atoms. The first-order chi connectivity index (χ1) is 5.69. The van der Waals surface area contributed by atoms with Crippen molar-refractivity contribution in [1.29, 1.82) is 0 Å². The van der Waals surface area contributed by atoms with E-state index < -0.39 is 0 Å². The van der Waals surface area contributed by atoms with Gasteiger partial charge in [-0.1, -0.05) is 19.2 Å². The number of rotatable bonds is 2. The Labute approximate surface area is 73.6 Å². The molecule has 1 heterocycles. The van der Waals surface area contributed by atoms with Crippen LogP contribution in [0.1, 0.15) is 6.92 Å². The van der Waals surface area contributed by atoms with Gasteiger partial charge in [0.05, 0.1) is 5.71 Å². The third-order valence-electron chi connectivity index (χ3n) is 1.97. The zero-order valence-corrected chi connectivity index (χ0v) is 7.62. The summed E-state index contributed by atoms with van der Waals surface area (Å²) in [5.74, 6) is 0. The van der Waals surface area contributed by atoms with Gasteiger partial charge in [0.2, 0.25) is 0 Å². The molecule has 0 radical (unpaired) electrons. The van der Waals surface area contributed by atoms with Crippen LogP contribution in [-0.4, -0.2) is 23.8 Å². The molecule has 0 aliphatic carbocycles. The Morgan fingerprint density at radius 2 is 2.17 bits per heavy atom. The van der Waals surface area contributed by atoms with E-state index in [-0.39, 0.29) is 6.17 Å². The van der Waals surface area contributed by atoms with Crippen molar-refractivity contribution in [3.05, 3.63) is 37.1 Å². The van der Waals surface area contributed by atoms with Gasteiger partial charge in [-0.25, -0.2) is 0 Å². The highest BCUT2D eigenvalue weighted by Gasteiger charge is 2.12. The topological polar surface area (TPSA) is 15.6 Å². The summed E-state index contributed by atoms with van der Waals surface area (Å²) in [4.78, 5) is 6.46. The molecule has 1 aliphatic heterocycles. The first kappa shape index (κ1) is 8.78. The molecule has 1 aliphatic rings. The summed E-state index contributed by atoms with van der Waals surface area (Å²) in [7, 11) is 2.00. The Morgan fingerprint density at radius 3 is 2.67 bits per heavy atom. The van der Waals surface area contributed by atoms with Crippen LogP contribution in [-0.2, 0) is 0 Å². The van der Waals surface area contributed by atoms with E-state index in [0.29, 0.717) is 0 Å². The largest absolute Gasteiger partial charge is 0.359 e. The summed E-state index contributed by atoms with van der Waals surface area (Å²) < 4.78 is 0. The molecule has 1 unspecified atom stereocenters. The Hall–Kier alpha value is -1.31. The molecular weight excluding hydrogens is 148 g/mol. The minimum absolute atomic E-state index is 0.196. The van der Waals surface area contributed by atoms with E-state index in [1.807, 2.05) is 25.1 Å². The van der Waals surface area contributed by atoms with E-state index in [4.69, 9.17) is 0 Å². The Balaban J connectivity index is 2.99. The first-order valence-corrected chi connectivity index (χ1v) is 3.96. The van der Waals surface area contributed by atoms with Crippen LogP contribution in [0.4, 0.5) is 0 Å². The second-order valence-electron chi connectivity index (χ2n) is 2.80. The molecule has 2 nitrogen and oxygen atoms in total. The zero-order chi connectivity index (χ0) is 9.14. The average molecular weight is 162 g/mol. The van der Waals surface area contributed by atoms with Gasteiger partial charge in [-0.05, 0) is 13.0 Å². The van der Waals surface area contributed by atoms with Gasteiger partial charge < -0.3 is 4.90 Å². The molecule has 0 fully saturated rings. The number of allylic oxidation sites excluding steroid dienone is 3. The molecule has 1 atom stereocenters. The molecule has 0 amide bonds. The molecule has 12 heavy (non-hydrogen) atoms. The van der Waals surface area contributed by atoms with Crippen molar-refractivity contribution >= 4 is 5.71 Å². The predicted molar refractivity (Wildman–Crippen MR) is 53.1 cm³/mol. The van der Waals surface area contributed by atoms with Gasteiger partial charge in [-0.15, -0.1) is 0 Å². The maximum absolute atomic E-state index is 4.42. The van der Waals surface area contributed by atoms with Crippen LogP contribution in [0.15, 0.2) is 42.1 Å². The second-order valence-corrected chi connectivity index (χ2v) is 2.80. The average Bonchev–Trinajstić information content (AvgIpc) is 2.09. The molecule has 0 bridgehead atoms. The SMILES string of the molecule is C=CC1=CN(C)C(C)N=C1C=C. The third kappa shape index (κ3) is 1.47. The van der Waals surface area contributed by atoms with Gasteiger partial charge in [0.1, 0.15) is 6.17 Å². The molecule has 0 aromatic heterocycles. The Morgan fingerprint density at radius 1 is 1.50 bits per heavy atom. The summed E-state index contributed by atoms with van der Waals surface area (Å²) in [5.41, 5.74) is 1.96. The highest BCUT2D eigenvalue weighted by molar-refractivity contribution is 6.10. The van der Waals surface area contributed by atoms with Gasteiger partial charge in [0.15, 0.2) is 0 Å². The van der Waals surface area contributed by atoms with Crippen molar-refractivity contribution in [3.8, 4) is 0 Å². The predicted octanol–water partition coefficient (Wildman–Crippen LogP) is 1.97. The van der Waals surface area contributed by atoms with Crippen molar-refractivity contribution in [2.24, 2.45) is 4.99 Å². The van der Waals surface area contributed by atoms with Gasteiger partial charge in [0.25, 0.3) is 0 Å². The molecular formula is C10H14N2. The number of hydrogen-bond acceptors (Lipinski definition) is 2. The van der Waals surface area contributed by atoms with Crippen molar-refractivity contribution in [1.82, 2.24) is 4.90 Å². The maximum Gasteiger partial charge on any atom is 0.118 e. The Bertz CT molecular complexity index is 233. The van der Waals surface area contributed by atoms with Crippen LogP contribution in [0.2, 0.25) is 0 Å². The van der Waals surface area contributed by atoms with E-state index in [2.05, 4.69) is 18.2 Å². The van der Waals surface area contributed by atoms with E-state index in [1.165, 1.54) is 0 Å². The lowest BCUT2D eigenvalue weighted by Gasteiger charge is -2.25. The number of aliphatic imine (C=N–C) groups is 1. The van der Waals surface area contributed by atoms with Gasteiger partial charge in [-0.3, -0.25) is 4.99 Å². The Kier molecular flexibility index (Phi) is 2.48. The summed E-state index contributed by atoms with van der Waals surface area (Å²) in [6.45, 7) is 9.46. The van der Waals surface area contributed by atoms with E-state index in [1.54, 1.807) is 12.2 Å². The van der Waals surface area contributed by atoms with Gasteiger partial charge in [-0.2, -0.15) is 0 Å². The molecule has 0 aromatic carbocycles. The van der Waals surface area contributed by atoms with Crippen molar-refractivity contribution in [2.75, 3.05) is 7.05 Å². The second kappa shape index (κ2) is 3.39. The number of hydrogen-bond donors (Lipinski definition) is 0. The molecule has 0 saturated heterocycles. The highest BCUT2D eigenvalue weighted by atomic mass is 15.2. The monoisotopic (exact) mass is 162 g/mol.